The Labute approximate surface area is 99.0 Å². The summed E-state index contributed by atoms with van der Waals surface area (Å²) < 4.78 is 0. The van der Waals surface area contributed by atoms with E-state index in [1.54, 1.807) is 18.2 Å². The first-order valence-corrected chi connectivity index (χ1v) is 4.48. The molecule has 0 spiro atoms. The molecule has 5 heteroatoms. The van der Waals surface area contributed by atoms with Crippen LogP contribution >= 0.6 is 35.6 Å². The van der Waals surface area contributed by atoms with Gasteiger partial charge in [0.1, 0.15) is 0 Å². The SMILES string of the molecule is Cl.N#CC[C@H](N)c1ccc(Cl)cc1Cl. The van der Waals surface area contributed by atoms with Crippen LogP contribution in [0, 0.1) is 11.3 Å². The molecular formula is C9H9Cl3N2. The Balaban J connectivity index is 0.00000169. The monoisotopic (exact) mass is 250 g/mol. The van der Waals surface area contributed by atoms with Crippen molar-refractivity contribution in [2.75, 3.05) is 0 Å². The van der Waals surface area contributed by atoms with Gasteiger partial charge in [-0.1, -0.05) is 29.3 Å². The maximum atomic E-state index is 8.44. The lowest BCUT2D eigenvalue weighted by molar-refractivity contribution is 0.749. The van der Waals surface area contributed by atoms with Crippen LogP contribution in [-0.4, -0.2) is 0 Å². The van der Waals surface area contributed by atoms with Gasteiger partial charge in [-0.3, -0.25) is 0 Å². The molecule has 0 aromatic heterocycles. The Bertz CT molecular complexity index is 346. The molecule has 1 aromatic carbocycles. The molecule has 1 aromatic rings. The van der Waals surface area contributed by atoms with Crippen LogP contribution in [0.1, 0.15) is 18.0 Å². The van der Waals surface area contributed by atoms with Gasteiger partial charge in [-0.15, -0.1) is 12.4 Å². The zero-order valence-electron chi connectivity index (χ0n) is 7.21. The topological polar surface area (TPSA) is 49.8 Å². The first-order valence-electron chi connectivity index (χ1n) is 3.72. The van der Waals surface area contributed by atoms with Gasteiger partial charge in [0.2, 0.25) is 0 Å². The highest BCUT2D eigenvalue weighted by molar-refractivity contribution is 6.35. The van der Waals surface area contributed by atoms with E-state index >= 15 is 0 Å². The highest BCUT2D eigenvalue weighted by Gasteiger charge is 2.09. The number of nitriles is 1. The van der Waals surface area contributed by atoms with Crippen LogP contribution in [0.4, 0.5) is 0 Å². The first kappa shape index (κ1) is 13.5. The lowest BCUT2D eigenvalue weighted by atomic mass is 10.1. The molecule has 2 N–H and O–H groups in total. The van der Waals surface area contributed by atoms with Crippen LogP contribution in [0.2, 0.25) is 10.0 Å². The molecule has 1 atom stereocenters. The lowest BCUT2D eigenvalue weighted by Crippen LogP contribution is -2.09. The zero-order chi connectivity index (χ0) is 9.84. The molecule has 0 aliphatic heterocycles. The second-order valence-corrected chi connectivity index (χ2v) is 3.48. The van der Waals surface area contributed by atoms with Crippen molar-refractivity contribution in [3.63, 3.8) is 0 Å². The molecule has 0 unspecified atom stereocenters. The van der Waals surface area contributed by atoms with Crippen molar-refractivity contribution in [1.82, 2.24) is 0 Å². The Morgan fingerprint density at radius 2 is 2.07 bits per heavy atom. The van der Waals surface area contributed by atoms with E-state index in [0.29, 0.717) is 10.0 Å². The third-order valence-electron chi connectivity index (χ3n) is 1.67. The van der Waals surface area contributed by atoms with Crippen molar-refractivity contribution in [2.24, 2.45) is 5.73 Å². The van der Waals surface area contributed by atoms with Crippen LogP contribution in [0.15, 0.2) is 18.2 Å². The summed E-state index contributed by atoms with van der Waals surface area (Å²) in [5.74, 6) is 0. The fraction of sp³-hybridized carbons (Fsp3) is 0.222. The predicted octanol–water partition coefficient (Wildman–Crippen LogP) is 3.33. The molecule has 0 aliphatic carbocycles. The molecule has 14 heavy (non-hydrogen) atoms. The van der Waals surface area contributed by atoms with Gasteiger partial charge in [-0.05, 0) is 17.7 Å². The molecule has 0 saturated carbocycles. The number of rotatable bonds is 2. The summed E-state index contributed by atoms with van der Waals surface area (Å²) in [6.07, 6.45) is 0.251. The van der Waals surface area contributed by atoms with Crippen molar-refractivity contribution in [3.05, 3.63) is 33.8 Å². The van der Waals surface area contributed by atoms with Crippen LogP contribution in [0.25, 0.3) is 0 Å². The Kier molecular flexibility index (Phi) is 5.90. The molecule has 0 heterocycles. The fourth-order valence-electron chi connectivity index (χ4n) is 1.01. The highest BCUT2D eigenvalue weighted by Crippen LogP contribution is 2.26. The summed E-state index contributed by atoms with van der Waals surface area (Å²) in [7, 11) is 0. The van der Waals surface area contributed by atoms with Gasteiger partial charge >= 0.3 is 0 Å². The average Bonchev–Trinajstić information content (AvgIpc) is 2.04. The van der Waals surface area contributed by atoms with Crippen molar-refractivity contribution < 1.29 is 0 Å². The Hall–Kier alpha value is -0.460. The summed E-state index contributed by atoms with van der Waals surface area (Å²) in [4.78, 5) is 0. The van der Waals surface area contributed by atoms with Crippen LogP contribution in [-0.2, 0) is 0 Å². The Morgan fingerprint density at radius 3 is 2.57 bits per heavy atom. The minimum Gasteiger partial charge on any atom is -0.323 e. The molecule has 0 saturated heterocycles. The third kappa shape index (κ3) is 3.36. The van der Waals surface area contributed by atoms with Crippen LogP contribution in [0.5, 0.6) is 0 Å². The largest absolute Gasteiger partial charge is 0.323 e. The molecule has 0 amide bonds. The fourth-order valence-corrected chi connectivity index (χ4v) is 1.56. The summed E-state index contributed by atoms with van der Waals surface area (Å²) >= 11 is 11.6. The standard InChI is InChI=1S/C9H8Cl2N2.ClH/c10-6-1-2-7(8(11)5-6)9(13)3-4-12;/h1-2,5,9H,3,13H2;1H/t9-;/m0./s1. The molecular weight excluding hydrogens is 242 g/mol. The first-order chi connectivity index (χ1) is 6.15. The van der Waals surface area contributed by atoms with Crippen LogP contribution < -0.4 is 5.73 Å². The van der Waals surface area contributed by atoms with Crippen molar-refractivity contribution in [3.8, 4) is 6.07 Å². The number of nitrogens with two attached hydrogens (primary N) is 1. The summed E-state index contributed by atoms with van der Waals surface area (Å²) in [5, 5.41) is 9.52. The molecule has 0 radical (unpaired) electrons. The predicted molar refractivity (Wildman–Crippen MR) is 60.9 cm³/mol. The quantitative estimate of drug-likeness (QED) is 0.876. The van der Waals surface area contributed by atoms with Gasteiger partial charge in [-0.25, -0.2) is 0 Å². The van der Waals surface area contributed by atoms with E-state index in [2.05, 4.69) is 0 Å². The molecule has 0 fully saturated rings. The van der Waals surface area contributed by atoms with E-state index < -0.39 is 0 Å². The average molecular weight is 252 g/mol. The molecule has 0 bridgehead atoms. The van der Waals surface area contributed by atoms with Crippen molar-refractivity contribution >= 4 is 35.6 Å². The lowest BCUT2D eigenvalue weighted by Gasteiger charge is -2.09. The summed E-state index contributed by atoms with van der Waals surface area (Å²) in [6, 6.07) is 6.72. The summed E-state index contributed by atoms with van der Waals surface area (Å²) in [6.45, 7) is 0. The van der Waals surface area contributed by atoms with Gasteiger partial charge in [0.25, 0.3) is 0 Å². The zero-order valence-corrected chi connectivity index (χ0v) is 9.53. The molecule has 0 aliphatic rings. The van der Waals surface area contributed by atoms with Crippen LogP contribution in [0.3, 0.4) is 0 Å². The van der Waals surface area contributed by atoms with Gasteiger partial charge in [-0.2, -0.15) is 5.26 Å². The van der Waals surface area contributed by atoms with Gasteiger partial charge in [0.15, 0.2) is 0 Å². The molecule has 76 valence electrons. The number of nitrogens with zero attached hydrogens (tertiary/aromatic N) is 1. The number of hydrogen-bond donors (Lipinski definition) is 1. The Morgan fingerprint density at radius 1 is 1.43 bits per heavy atom. The number of benzene rings is 1. The highest BCUT2D eigenvalue weighted by atomic mass is 35.5. The summed E-state index contributed by atoms with van der Waals surface area (Å²) in [5.41, 5.74) is 6.46. The van der Waals surface area contributed by atoms with Gasteiger partial charge < -0.3 is 5.73 Å². The van der Waals surface area contributed by atoms with E-state index in [-0.39, 0.29) is 24.9 Å². The second kappa shape index (κ2) is 6.10. The maximum Gasteiger partial charge on any atom is 0.0641 e. The van der Waals surface area contributed by atoms with Crippen molar-refractivity contribution in [2.45, 2.75) is 12.5 Å². The van der Waals surface area contributed by atoms with Gasteiger partial charge in [0.05, 0.1) is 12.5 Å². The second-order valence-electron chi connectivity index (χ2n) is 2.63. The van der Waals surface area contributed by atoms with E-state index in [1.807, 2.05) is 6.07 Å². The van der Waals surface area contributed by atoms with Crippen molar-refractivity contribution in [1.29, 1.82) is 5.26 Å². The van der Waals surface area contributed by atoms with E-state index in [4.69, 9.17) is 34.2 Å². The third-order valence-corrected chi connectivity index (χ3v) is 2.24. The normalized spacial score (nSPS) is 11.3. The van der Waals surface area contributed by atoms with E-state index in [0.717, 1.165) is 5.56 Å². The van der Waals surface area contributed by atoms with Gasteiger partial charge in [0, 0.05) is 16.1 Å². The van der Waals surface area contributed by atoms with E-state index in [9.17, 15) is 0 Å². The molecule has 2 nitrogen and oxygen atoms in total. The minimum atomic E-state index is -0.338. The number of hydrogen-bond acceptors (Lipinski definition) is 2. The smallest absolute Gasteiger partial charge is 0.0641 e. The minimum absolute atomic E-state index is 0. The molecule has 1 rings (SSSR count). The maximum absolute atomic E-state index is 8.44. The van der Waals surface area contributed by atoms with E-state index in [1.165, 1.54) is 0 Å². The number of halogens is 3.